The monoisotopic (exact) mass is 287 g/mol. The van der Waals surface area contributed by atoms with Gasteiger partial charge in [-0.1, -0.05) is 19.1 Å². The topological polar surface area (TPSA) is 53.1 Å². The highest BCUT2D eigenvalue weighted by Gasteiger charge is 2.04. The molecule has 21 heavy (non-hydrogen) atoms. The summed E-state index contributed by atoms with van der Waals surface area (Å²) < 4.78 is 7.70. The fraction of sp³-hybridized carbons (Fsp3) is 0.471. The van der Waals surface area contributed by atoms with Gasteiger partial charge in [0.2, 0.25) is 0 Å². The Morgan fingerprint density at radius 3 is 2.48 bits per heavy atom. The van der Waals surface area contributed by atoms with E-state index in [1.54, 1.807) is 0 Å². The van der Waals surface area contributed by atoms with E-state index in [9.17, 15) is 0 Å². The summed E-state index contributed by atoms with van der Waals surface area (Å²) in [4.78, 5) is 0. The summed E-state index contributed by atoms with van der Waals surface area (Å²) in [6, 6.07) is 10.8. The summed E-state index contributed by atoms with van der Waals surface area (Å²) in [5, 5.41) is 4.47. The second-order valence-corrected chi connectivity index (χ2v) is 5.69. The lowest BCUT2D eigenvalue weighted by Gasteiger charge is -2.10. The van der Waals surface area contributed by atoms with Gasteiger partial charge >= 0.3 is 0 Å². The number of ether oxygens (including phenoxy) is 1. The lowest BCUT2D eigenvalue weighted by Crippen LogP contribution is -2.21. The van der Waals surface area contributed by atoms with E-state index in [-0.39, 0.29) is 6.04 Å². The molecule has 0 bridgehead atoms. The maximum atomic E-state index is 5.96. The molecular weight excluding hydrogens is 262 g/mol. The van der Waals surface area contributed by atoms with E-state index in [1.165, 1.54) is 5.56 Å². The van der Waals surface area contributed by atoms with E-state index >= 15 is 0 Å². The van der Waals surface area contributed by atoms with Crippen molar-refractivity contribution >= 4 is 0 Å². The van der Waals surface area contributed by atoms with Crippen molar-refractivity contribution in [1.29, 1.82) is 0 Å². The van der Waals surface area contributed by atoms with Crippen LogP contribution < -0.4 is 10.5 Å². The molecule has 114 valence electrons. The van der Waals surface area contributed by atoms with Gasteiger partial charge in [0.15, 0.2) is 0 Å². The molecule has 4 heteroatoms. The largest absolute Gasteiger partial charge is 0.487 e. The van der Waals surface area contributed by atoms with Crippen molar-refractivity contribution in [1.82, 2.24) is 9.78 Å². The van der Waals surface area contributed by atoms with Gasteiger partial charge in [0, 0.05) is 18.3 Å². The minimum Gasteiger partial charge on any atom is -0.487 e. The van der Waals surface area contributed by atoms with Gasteiger partial charge in [-0.05, 0) is 50.5 Å². The average molecular weight is 287 g/mol. The molecule has 0 aliphatic carbocycles. The van der Waals surface area contributed by atoms with Gasteiger partial charge in [-0.3, -0.25) is 4.68 Å². The van der Waals surface area contributed by atoms with E-state index in [0.717, 1.165) is 24.3 Å². The highest BCUT2D eigenvalue weighted by molar-refractivity contribution is 5.28. The Hall–Kier alpha value is -1.81. The van der Waals surface area contributed by atoms with Crippen LogP contribution in [0.5, 0.6) is 5.75 Å². The van der Waals surface area contributed by atoms with Crippen molar-refractivity contribution in [2.24, 2.45) is 5.73 Å². The van der Waals surface area contributed by atoms with E-state index < -0.39 is 0 Å². The van der Waals surface area contributed by atoms with E-state index in [2.05, 4.69) is 38.0 Å². The van der Waals surface area contributed by atoms with Gasteiger partial charge in [-0.25, -0.2) is 0 Å². The Balaban J connectivity index is 1.88. The number of nitrogens with two attached hydrogens (primary N) is 1. The Bertz CT molecular complexity index is 545. The van der Waals surface area contributed by atoms with Gasteiger partial charge in [-0.2, -0.15) is 5.10 Å². The molecule has 1 heterocycles. The minimum absolute atomic E-state index is 0.233. The van der Waals surface area contributed by atoms with Crippen molar-refractivity contribution in [3.63, 3.8) is 0 Å². The third kappa shape index (κ3) is 4.60. The average Bonchev–Trinajstić information content (AvgIpc) is 2.95. The normalized spacial score (nSPS) is 12.6. The third-order valence-corrected chi connectivity index (χ3v) is 3.52. The fourth-order valence-corrected chi connectivity index (χ4v) is 2.07. The molecular formula is C17H25N3O. The summed E-state index contributed by atoms with van der Waals surface area (Å²) in [7, 11) is 0. The quantitative estimate of drug-likeness (QED) is 0.850. The fourth-order valence-electron chi connectivity index (χ4n) is 2.07. The zero-order chi connectivity index (χ0) is 15.2. The molecule has 0 amide bonds. The van der Waals surface area contributed by atoms with Crippen LogP contribution in [0.25, 0.3) is 0 Å². The predicted octanol–water partition coefficient (Wildman–Crippen LogP) is 3.32. The van der Waals surface area contributed by atoms with Gasteiger partial charge in [0.05, 0.1) is 5.69 Å². The molecule has 0 fully saturated rings. The SMILES string of the molecule is CCC(N)Cc1ccc(OCc2ccn(C(C)C)n2)cc1. The first kappa shape index (κ1) is 15.6. The van der Waals surface area contributed by atoms with Crippen molar-refractivity contribution in [2.45, 2.75) is 52.3 Å². The smallest absolute Gasteiger partial charge is 0.132 e. The number of rotatable bonds is 7. The summed E-state index contributed by atoms with van der Waals surface area (Å²) >= 11 is 0. The number of nitrogens with zero attached hydrogens (tertiary/aromatic N) is 2. The van der Waals surface area contributed by atoms with Crippen LogP contribution in [0.4, 0.5) is 0 Å². The predicted molar refractivity (Wildman–Crippen MR) is 85.4 cm³/mol. The number of aromatic nitrogens is 2. The van der Waals surface area contributed by atoms with Gasteiger partial charge in [-0.15, -0.1) is 0 Å². The molecule has 1 atom stereocenters. The van der Waals surface area contributed by atoms with Crippen LogP contribution >= 0.6 is 0 Å². The molecule has 0 saturated carbocycles. The molecule has 0 radical (unpaired) electrons. The minimum atomic E-state index is 0.233. The van der Waals surface area contributed by atoms with Crippen LogP contribution in [0.1, 0.15) is 44.5 Å². The summed E-state index contributed by atoms with van der Waals surface area (Å²) in [5.74, 6) is 0.864. The summed E-state index contributed by atoms with van der Waals surface area (Å²) in [5.41, 5.74) is 8.16. The molecule has 4 nitrogen and oxygen atoms in total. The van der Waals surface area contributed by atoms with Crippen LogP contribution in [0.3, 0.4) is 0 Å². The first-order valence-electron chi connectivity index (χ1n) is 7.59. The third-order valence-electron chi connectivity index (χ3n) is 3.52. The molecule has 0 saturated heterocycles. The highest BCUT2D eigenvalue weighted by atomic mass is 16.5. The molecule has 2 N–H and O–H groups in total. The zero-order valence-electron chi connectivity index (χ0n) is 13.1. The van der Waals surface area contributed by atoms with Crippen molar-refractivity contribution in [2.75, 3.05) is 0 Å². The van der Waals surface area contributed by atoms with E-state index in [4.69, 9.17) is 10.5 Å². The Labute approximate surface area is 126 Å². The van der Waals surface area contributed by atoms with Crippen LogP contribution in [0, 0.1) is 0 Å². The Kier molecular flexibility index (Phi) is 5.39. The van der Waals surface area contributed by atoms with Gasteiger partial charge in [0.1, 0.15) is 12.4 Å². The lowest BCUT2D eigenvalue weighted by atomic mass is 10.0. The first-order chi connectivity index (χ1) is 10.1. The van der Waals surface area contributed by atoms with E-state index in [1.807, 2.05) is 29.1 Å². The second-order valence-electron chi connectivity index (χ2n) is 5.69. The van der Waals surface area contributed by atoms with E-state index in [0.29, 0.717) is 12.6 Å². The molecule has 0 spiro atoms. The van der Waals surface area contributed by atoms with Crippen LogP contribution in [0.2, 0.25) is 0 Å². The summed E-state index contributed by atoms with van der Waals surface area (Å²) in [6.45, 7) is 6.82. The number of hydrogen-bond donors (Lipinski definition) is 1. The maximum Gasteiger partial charge on any atom is 0.132 e. The van der Waals surface area contributed by atoms with Crippen molar-refractivity contribution in [3.8, 4) is 5.75 Å². The maximum absolute atomic E-state index is 5.96. The van der Waals surface area contributed by atoms with Crippen molar-refractivity contribution < 1.29 is 4.74 Å². The van der Waals surface area contributed by atoms with Crippen molar-refractivity contribution in [3.05, 3.63) is 47.8 Å². The van der Waals surface area contributed by atoms with Gasteiger partial charge < -0.3 is 10.5 Å². The standard InChI is InChI=1S/C17H25N3O/c1-4-15(18)11-14-5-7-17(8-6-14)21-12-16-9-10-20(19-16)13(2)3/h5-10,13,15H,4,11-12,18H2,1-3H3. The molecule has 1 aromatic heterocycles. The molecule has 2 aromatic rings. The number of hydrogen-bond acceptors (Lipinski definition) is 3. The van der Waals surface area contributed by atoms with Crippen LogP contribution in [-0.4, -0.2) is 15.8 Å². The Morgan fingerprint density at radius 2 is 1.90 bits per heavy atom. The summed E-state index contributed by atoms with van der Waals surface area (Å²) in [6.07, 6.45) is 3.89. The van der Waals surface area contributed by atoms with Crippen LogP contribution in [0.15, 0.2) is 36.5 Å². The lowest BCUT2D eigenvalue weighted by molar-refractivity contribution is 0.298. The first-order valence-corrected chi connectivity index (χ1v) is 7.59. The zero-order valence-corrected chi connectivity index (χ0v) is 13.1. The highest BCUT2D eigenvalue weighted by Crippen LogP contribution is 2.15. The second kappa shape index (κ2) is 7.27. The van der Waals surface area contributed by atoms with Gasteiger partial charge in [0.25, 0.3) is 0 Å². The molecule has 2 rings (SSSR count). The Morgan fingerprint density at radius 1 is 1.19 bits per heavy atom. The molecule has 0 aliphatic rings. The number of benzene rings is 1. The molecule has 1 unspecified atom stereocenters. The molecule has 1 aromatic carbocycles. The van der Waals surface area contributed by atoms with Crippen LogP contribution in [-0.2, 0) is 13.0 Å². The molecule has 0 aliphatic heterocycles.